The smallest absolute Gasteiger partial charge is 0.408 e. The van der Waals surface area contributed by atoms with Crippen LogP contribution in [0.15, 0.2) is 0 Å². The van der Waals surface area contributed by atoms with Gasteiger partial charge in [0.25, 0.3) is 0 Å². The van der Waals surface area contributed by atoms with E-state index in [0.29, 0.717) is 6.61 Å². The molecule has 0 radical (unpaired) electrons. The van der Waals surface area contributed by atoms with Gasteiger partial charge in [0.1, 0.15) is 12.1 Å². The van der Waals surface area contributed by atoms with Crippen molar-refractivity contribution in [3.8, 4) is 0 Å². The van der Waals surface area contributed by atoms with E-state index in [4.69, 9.17) is 13.8 Å². The number of esters is 1. The van der Waals surface area contributed by atoms with E-state index in [1.54, 1.807) is 14.0 Å². The van der Waals surface area contributed by atoms with Gasteiger partial charge in [-0.25, -0.2) is 4.57 Å². The summed E-state index contributed by atoms with van der Waals surface area (Å²) in [6.45, 7) is 9.75. The lowest BCUT2D eigenvalue weighted by Gasteiger charge is -2.30. The van der Waals surface area contributed by atoms with Gasteiger partial charge in [-0.3, -0.25) is 13.8 Å². The van der Waals surface area contributed by atoms with E-state index in [1.807, 2.05) is 27.7 Å². The van der Waals surface area contributed by atoms with Crippen molar-refractivity contribution in [3.05, 3.63) is 0 Å². The maximum Gasteiger partial charge on any atom is 0.408 e. The minimum atomic E-state index is -3.48. The van der Waals surface area contributed by atoms with Gasteiger partial charge in [-0.2, -0.15) is 4.67 Å². The second-order valence-electron chi connectivity index (χ2n) is 5.47. The van der Waals surface area contributed by atoms with Gasteiger partial charge in [0.2, 0.25) is 0 Å². The van der Waals surface area contributed by atoms with Crippen LogP contribution < -0.4 is 0 Å². The van der Waals surface area contributed by atoms with Crippen LogP contribution in [0.5, 0.6) is 0 Å². The molecule has 0 spiro atoms. The SMILES string of the molecule is CCC(CC)OC(=O)C(C)N(C)P(=O)(OC)OCC(C)C. The summed E-state index contributed by atoms with van der Waals surface area (Å²) >= 11 is 0. The molecule has 21 heavy (non-hydrogen) atoms. The Morgan fingerprint density at radius 2 is 1.71 bits per heavy atom. The van der Waals surface area contributed by atoms with Gasteiger partial charge >= 0.3 is 13.7 Å². The molecule has 0 heterocycles. The van der Waals surface area contributed by atoms with E-state index in [9.17, 15) is 9.36 Å². The first kappa shape index (κ1) is 20.6. The van der Waals surface area contributed by atoms with Crippen LogP contribution in [-0.2, 0) is 23.1 Å². The van der Waals surface area contributed by atoms with Crippen LogP contribution in [0.4, 0.5) is 0 Å². The number of carbonyl (C=O) groups is 1. The zero-order valence-electron chi connectivity index (χ0n) is 14.3. The van der Waals surface area contributed by atoms with E-state index in [-0.39, 0.29) is 12.0 Å². The number of likely N-dealkylation sites (N-methyl/N-ethyl adjacent to an activating group) is 1. The number of hydrogen-bond donors (Lipinski definition) is 0. The van der Waals surface area contributed by atoms with E-state index in [0.717, 1.165) is 12.8 Å². The number of rotatable bonds is 10. The van der Waals surface area contributed by atoms with Gasteiger partial charge in [0.05, 0.1) is 6.61 Å². The molecule has 0 saturated carbocycles. The van der Waals surface area contributed by atoms with Crippen LogP contribution in [-0.4, -0.2) is 43.5 Å². The first-order valence-electron chi connectivity index (χ1n) is 7.45. The molecule has 0 aliphatic carbocycles. The Balaban J connectivity index is 4.81. The number of hydrogen-bond acceptors (Lipinski definition) is 5. The zero-order chi connectivity index (χ0) is 16.6. The molecular formula is C14H30NO5P. The molecular weight excluding hydrogens is 293 g/mol. The third-order valence-corrected chi connectivity index (χ3v) is 5.34. The highest BCUT2D eigenvalue weighted by molar-refractivity contribution is 7.51. The maximum absolute atomic E-state index is 12.6. The van der Waals surface area contributed by atoms with Crippen molar-refractivity contribution >= 4 is 13.7 Å². The first-order valence-corrected chi connectivity index (χ1v) is 8.95. The predicted octanol–water partition coefficient (Wildman–Crippen LogP) is 3.47. The Labute approximate surface area is 128 Å². The van der Waals surface area contributed by atoms with Crippen molar-refractivity contribution in [1.29, 1.82) is 0 Å². The van der Waals surface area contributed by atoms with Crippen molar-refractivity contribution in [2.45, 2.75) is 59.6 Å². The first-order chi connectivity index (χ1) is 9.71. The van der Waals surface area contributed by atoms with Crippen LogP contribution >= 0.6 is 7.75 Å². The average molecular weight is 323 g/mol. The van der Waals surface area contributed by atoms with Gasteiger partial charge in [0, 0.05) is 7.11 Å². The Morgan fingerprint density at radius 3 is 2.10 bits per heavy atom. The largest absolute Gasteiger partial charge is 0.461 e. The molecule has 0 bridgehead atoms. The van der Waals surface area contributed by atoms with Crippen LogP contribution in [0.25, 0.3) is 0 Å². The van der Waals surface area contributed by atoms with Gasteiger partial charge in [-0.05, 0) is 32.7 Å². The fraction of sp³-hybridized carbons (Fsp3) is 0.929. The topological polar surface area (TPSA) is 65.1 Å². The molecule has 7 heteroatoms. The highest BCUT2D eigenvalue weighted by Gasteiger charge is 2.37. The lowest BCUT2D eigenvalue weighted by molar-refractivity contribution is -0.153. The zero-order valence-corrected chi connectivity index (χ0v) is 15.2. The van der Waals surface area contributed by atoms with E-state index < -0.39 is 19.8 Å². The molecule has 0 aromatic carbocycles. The fourth-order valence-corrected chi connectivity index (χ4v) is 3.15. The normalized spacial score (nSPS) is 16.3. The maximum atomic E-state index is 12.6. The van der Waals surface area contributed by atoms with Crippen molar-refractivity contribution < 1.29 is 23.1 Å². The summed E-state index contributed by atoms with van der Waals surface area (Å²) in [6.07, 6.45) is 1.39. The van der Waals surface area contributed by atoms with Gasteiger partial charge in [0.15, 0.2) is 0 Å². The third-order valence-electron chi connectivity index (χ3n) is 3.28. The molecule has 0 amide bonds. The van der Waals surface area contributed by atoms with E-state index in [2.05, 4.69) is 0 Å². The minimum absolute atomic E-state index is 0.119. The molecule has 0 N–H and O–H groups in total. The Morgan fingerprint density at radius 1 is 1.19 bits per heavy atom. The summed E-state index contributed by atoms with van der Waals surface area (Å²) in [5, 5.41) is 0. The number of nitrogens with zero attached hydrogens (tertiary/aromatic N) is 1. The molecule has 0 fully saturated rings. The summed E-state index contributed by atoms with van der Waals surface area (Å²) in [7, 11) is -0.622. The molecule has 0 rings (SSSR count). The molecule has 0 aromatic heterocycles. The summed E-state index contributed by atoms with van der Waals surface area (Å²) in [6, 6.07) is -0.705. The Kier molecular flexibility index (Phi) is 9.38. The standard InChI is InChI=1S/C14H30NO5P/c1-8-13(9-2)20-14(16)12(5)15(6)21(17,18-7)19-10-11(3)4/h11-13H,8-10H2,1-7H3. The highest BCUT2D eigenvalue weighted by atomic mass is 31.2. The average Bonchev–Trinajstić information content (AvgIpc) is 2.48. The van der Waals surface area contributed by atoms with Crippen LogP contribution in [0.2, 0.25) is 0 Å². The second-order valence-corrected chi connectivity index (χ2v) is 7.66. The third kappa shape index (κ3) is 6.47. The molecule has 6 nitrogen and oxygen atoms in total. The molecule has 0 aromatic rings. The van der Waals surface area contributed by atoms with Crippen LogP contribution in [0.1, 0.15) is 47.5 Å². The Hall–Kier alpha value is -0.420. The highest BCUT2D eigenvalue weighted by Crippen LogP contribution is 2.51. The van der Waals surface area contributed by atoms with Crippen LogP contribution in [0.3, 0.4) is 0 Å². The number of ether oxygens (including phenoxy) is 1. The molecule has 0 saturated heterocycles. The molecule has 2 atom stereocenters. The summed E-state index contributed by atoms with van der Waals surface area (Å²) in [5.74, 6) is -0.203. The molecule has 126 valence electrons. The van der Waals surface area contributed by atoms with Gasteiger partial charge in [-0.15, -0.1) is 0 Å². The minimum Gasteiger partial charge on any atom is -0.461 e. The quantitative estimate of drug-likeness (QED) is 0.453. The van der Waals surface area contributed by atoms with Crippen molar-refractivity contribution in [2.75, 3.05) is 20.8 Å². The molecule has 2 unspecified atom stereocenters. The van der Waals surface area contributed by atoms with Gasteiger partial charge < -0.3 is 4.74 Å². The van der Waals surface area contributed by atoms with Crippen LogP contribution in [0, 0.1) is 5.92 Å². The molecule has 0 aliphatic heterocycles. The summed E-state index contributed by atoms with van der Waals surface area (Å²) in [5.41, 5.74) is 0. The van der Waals surface area contributed by atoms with E-state index in [1.165, 1.54) is 11.8 Å². The number of carbonyl (C=O) groups excluding carboxylic acids is 1. The monoisotopic (exact) mass is 323 g/mol. The Bertz CT molecular complexity index is 357. The van der Waals surface area contributed by atoms with Gasteiger partial charge in [-0.1, -0.05) is 27.7 Å². The summed E-state index contributed by atoms with van der Waals surface area (Å²) < 4.78 is 29.7. The summed E-state index contributed by atoms with van der Waals surface area (Å²) in [4.78, 5) is 12.1. The molecule has 0 aliphatic rings. The fourth-order valence-electron chi connectivity index (χ4n) is 1.60. The van der Waals surface area contributed by atoms with Crippen molar-refractivity contribution in [1.82, 2.24) is 4.67 Å². The lowest BCUT2D eigenvalue weighted by atomic mass is 10.2. The van der Waals surface area contributed by atoms with Crippen molar-refractivity contribution in [3.63, 3.8) is 0 Å². The van der Waals surface area contributed by atoms with E-state index >= 15 is 0 Å². The second kappa shape index (κ2) is 9.57. The predicted molar refractivity (Wildman–Crippen MR) is 83.1 cm³/mol. The van der Waals surface area contributed by atoms with Crippen molar-refractivity contribution in [2.24, 2.45) is 5.92 Å². The lowest BCUT2D eigenvalue weighted by Crippen LogP contribution is -2.37.